The Morgan fingerprint density at radius 1 is 1.23 bits per heavy atom. The van der Waals surface area contributed by atoms with Crippen molar-refractivity contribution in [2.75, 3.05) is 13.2 Å². The number of amides is 2. The molecule has 138 valence electrons. The minimum Gasteiger partial charge on any atom is -0.451 e. The fourth-order valence-electron chi connectivity index (χ4n) is 2.22. The van der Waals surface area contributed by atoms with E-state index in [4.69, 9.17) is 4.74 Å². The predicted molar refractivity (Wildman–Crippen MR) is 93.6 cm³/mol. The number of ether oxygens (including phenoxy) is 1. The zero-order chi connectivity index (χ0) is 19.1. The topological polar surface area (TPSA) is 130 Å². The van der Waals surface area contributed by atoms with Crippen molar-refractivity contribution in [2.45, 2.75) is 26.3 Å². The number of nitrogens with zero attached hydrogens (tertiary/aromatic N) is 1. The van der Waals surface area contributed by atoms with Gasteiger partial charge in [-0.3, -0.25) is 14.4 Å². The van der Waals surface area contributed by atoms with Crippen LogP contribution in [0.2, 0.25) is 0 Å². The van der Waals surface area contributed by atoms with Crippen LogP contribution in [0.3, 0.4) is 0 Å². The third-order valence-corrected chi connectivity index (χ3v) is 3.54. The van der Waals surface area contributed by atoms with E-state index in [1.807, 2.05) is 6.92 Å². The van der Waals surface area contributed by atoms with Crippen LogP contribution in [0.15, 0.2) is 29.1 Å². The van der Waals surface area contributed by atoms with E-state index >= 15 is 0 Å². The lowest BCUT2D eigenvalue weighted by Crippen LogP contribution is -2.46. The Labute approximate surface area is 149 Å². The van der Waals surface area contributed by atoms with Gasteiger partial charge in [0.25, 0.3) is 11.5 Å². The van der Waals surface area contributed by atoms with Gasteiger partial charge < -0.3 is 15.4 Å². The minimum absolute atomic E-state index is 0.0956. The van der Waals surface area contributed by atoms with E-state index in [-0.39, 0.29) is 11.6 Å². The van der Waals surface area contributed by atoms with Crippen molar-refractivity contribution >= 4 is 28.6 Å². The van der Waals surface area contributed by atoms with Crippen LogP contribution in [0, 0.1) is 0 Å². The highest BCUT2D eigenvalue weighted by Gasteiger charge is 2.19. The molecule has 0 aliphatic heterocycles. The second-order valence-electron chi connectivity index (χ2n) is 5.60. The van der Waals surface area contributed by atoms with Gasteiger partial charge in [0.2, 0.25) is 5.91 Å². The largest absolute Gasteiger partial charge is 0.451 e. The molecule has 2 aromatic rings. The van der Waals surface area contributed by atoms with Gasteiger partial charge in [-0.15, -0.1) is 0 Å². The lowest BCUT2D eigenvalue weighted by Gasteiger charge is -2.13. The Kier molecular flexibility index (Phi) is 6.42. The van der Waals surface area contributed by atoms with Crippen LogP contribution < -0.4 is 16.2 Å². The quantitative estimate of drug-likeness (QED) is 0.601. The van der Waals surface area contributed by atoms with E-state index in [1.165, 1.54) is 6.92 Å². The van der Waals surface area contributed by atoms with E-state index in [0.29, 0.717) is 17.3 Å². The lowest BCUT2D eigenvalue weighted by molar-refractivity contribution is -0.130. The van der Waals surface area contributed by atoms with Gasteiger partial charge in [-0.1, -0.05) is 25.1 Å². The van der Waals surface area contributed by atoms with Gasteiger partial charge in [0.1, 0.15) is 6.04 Å². The van der Waals surface area contributed by atoms with E-state index in [0.717, 1.165) is 6.42 Å². The molecule has 9 nitrogen and oxygen atoms in total. The first-order valence-electron chi connectivity index (χ1n) is 8.15. The first-order chi connectivity index (χ1) is 12.4. The Morgan fingerprint density at radius 3 is 2.62 bits per heavy atom. The average Bonchev–Trinajstić information content (AvgIpc) is 2.64. The molecular formula is C17H20N4O5. The number of esters is 1. The molecule has 3 N–H and O–H groups in total. The number of benzene rings is 1. The number of rotatable bonds is 7. The van der Waals surface area contributed by atoms with Crippen molar-refractivity contribution in [1.82, 2.24) is 20.8 Å². The first kappa shape index (κ1) is 19.1. The van der Waals surface area contributed by atoms with Gasteiger partial charge in [0.05, 0.1) is 5.39 Å². The number of aromatic amines is 1. The monoisotopic (exact) mass is 360 g/mol. The van der Waals surface area contributed by atoms with Gasteiger partial charge in [-0.2, -0.15) is 5.10 Å². The molecule has 1 atom stereocenters. The number of nitrogens with one attached hydrogen (secondary N) is 3. The maximum absolute atomic E-state index is 12.2. The molecule has 2 rings (SSSR count). The maximum atomic E-state index is 12.2. The maximum Gasteiger partial charge on any atom is 0.359 e. The number of H-pyrrole nitrogens is 1. The number of fused-ring (bicyclic) bond motifs is 1. The summed E-state index contributed by atoms with van der Waals surface area (Å²) in [7, 11) is 0. The molecule has 1 aromatic carbocycles. The molecule has 0 fully saturated rings. The van der Waals surface area contributed by atoms with E-state index in [1.54, 1.807) is 24.3 Å². The molecule has 0 aliphatic carbocycles. The van der Waals surface area contributed by atoms with Crippen molar-refractivity contribution in [2.24, 2.45) is 0 Å². The van der Waals surface area contributed by atoms with Gasteiger partial charge >= 0.3 is 5.97 Å². The number of carbonyl (C=O) groups excluding carboxylic acids is 3. The normalized spacial score (nSPS) is 11.6. The summed E-state index contributed by atoms with van der Waals surface area (Å²) >= 11 is 0. The Bertz CT molecular complexity index is 877. The van der Waals surface area contributed by atoms with E-state index in [9.17, 15) is 19.2 Å². The summed E-state index contributed by atoms with van der Waals surface area (Å²) in [5.74, 6) is -1.79. The van der Waals surface area contributed by atoms with Gasteiger partial charge in [-0.25, -0.2) is 9.89 Å². The molecule has 0 saturated carbocycles. The third kappa shape index (κ3) is 4.65. The van der Waals surface area contributed by atoms with Crippen molar-refractivity contribution in [1.29, 1.82) is 0 Å². The van der Waals surface area contributed by atoms with Crippen molar-refractivity contribution in [3.63, 3.8) is 0 Å². The summed E-state index contributed by atoms with van der Waals surface area (Å²) < 4.78 is 4.93. The fourth-order valence-corrected chi connectivity index (χ4v) is 2.22. The molecule has 1 heterocycles. The summed E-state index contributed by atoms with van der Waals surface area (Å²) in [4.78, 5) is 47.4. The van der Waals surface area contributed by atoms with Crippen LogP contribution in [-0.4, -0.2) is 47.2 Å². The Hall–Kier alpha value is -3.23. The fraction of sp³-hybridized carbons (Fsp3) is 0.353. The van der Waals surface area contributed by atoms with Crippen LogP contribution in [0.4, 0.5) is 0 Å². The molecule has 9 heteroatoms. The number of carbonyl (C=O) groups is 3. The number of aromatic nitrogens is 2. The zero-order valence-corrected chi connectivity index (χ0v) is 14.5. The van der Waals surface area contributed by atoms with E-state index < -0.39 is 30.1 Å². The number of hydrogen-bond acceptors (Lipinski definition) is 6. The molecule has 0 spiro atoms. The standard InChI is InChI=1S/C17H20N4O5/c1-3-8-18-15(23)10(2)19-13(22)9-26-17(25)14-11-6-4-5-7-12(11)16(24)21-20-14/h4-7,10H,3,8-9H2,1-2H3,(H,18,23)(H,19,22)(H,21,24)/t10-/m0/s1. The second-order valence-corrected chi connectivity index (χ2v) is 5.60. The highest BCUT2D eigenvalue weighted by molar-refractivity contribution is 6.02. The molecule has 0 bridgehead atoms. The summed E-state index contributed by atoms with van der Waals surface area (Å²) in [6, 6.07) is 5.68. The summed E-state index contributed by atoms with van der Waals surface area (Å²) in [5.41, 5.74) is -0.524. The Balaban J connectivity index is 1.97. The average molecular weight is 360 g/mol. The molecule has 0 unspecified atom stereocenters. The smallest absolute Gasteiger partial charge is 0.359 e. The molecule has 0 aliphatic rings. The molecule has 2 amide bonds. The van der Waals surface area contributed by atoms with Crippen molar-refractivity contribution in [3.8, 4) is 0 Å². The third-order valence-electron chi connectivity index (χ3n) is 3.54. The van der Waals surface area contributed by atoms with E-state index in [2.05, 4.69) is 20.8 Å². The van der Waals surface area contributed by atoms with Gasteiger partial charge in [0.15, 0.2) is 12.3 Å². The lowest BCUT2D eigenvalue weighted by atomic mass is 10.1. The predicted octanol–water partition coefficient (Wildman–Crippen LogP) is 0.111. The first-order valence-corrected chi connectivity index (χ1v) is 8.15. The highest BCUT2D eigenvalue weighted by atomic mass is 16.5. The Morgan fingerprint density at radius 2 is 1.92 bits per heavy atom. The van der Waals surface area contributed by atoms with Gasteiger partial charge in [-0.05, 0) is 19.4 Å². The van der Waals surface area contributed by atoms with Crippen LogP contribution in [0.25, 0.3) is 10.8 Å². The summed E-state index contributed by atoms with van der Waals surface area (Å²) in [6.45, 7) is 3.39. The van der Waals surface area contributed by atoms with Crippen molar-refractivity contribution < 1.29 is 19.1 Å². The molecule has 1 aromatic heterocycles. The SMILES string of the molecule is CCCNC(=O)[C@H](C)NC(=O)COC(=O)c1n[nH]c(=O)c2ccccc12. The number of hydrogen-bond donors (Lipinski definition) is 3. The summed E-state index contributed by atoms with van der Waals surface area (Å²) in [6.07, 6.45) is 0.782. The van der Waals surface area contributed by atoms with Crippen LogP contribution in [0.5, 0.6) is 0 Å². The van der Waals surface area contributed by atoms with Crippen molar-refractivity contribution in [3.05, 3.63) is 40.3 Å². The second kappa shape index (κ2) is 8.75. The molecule has 0 saturated heterocycles. The van der Waals surface area contributed by atoms with Crippen LogP contribution in [-0.2, 0) is 14.3 Å². The van der Waals surface area contributed by atoms with Crippen LogP contribution >= 0.6 is 0 Å². The summed E-state index contributed by atoms with van der Waals surface area (Å²) in [5, 5.41) is 11.6. The molecule has 0 radical (unpaired) electrons. The highest BCUT2D eigenvalue weighted by Crippen LogP contribution is 2.13. The van der Waals surface area contributed by atoms with Gasteiger partial charge in [0, 0.05) is 11.9 Å². The molecule has 26 heavy (non-hydrogen) atoms. The molecular weight excluding hydrogens is 340 g/mol. The van der Waals surface area contributed by atoms with Crippen LogP contribution in [0.1, 0.15) is 30.8 Å². The zero-order valence-electron chi connectivity index (χ0n) is 14.5. The minimum atomic E-state index is -0.851.